The van der Waals surface area contributed by atoms with E-state index in [4.69, 9.17) is 14.0 Å². The molecule has 0 bridgehead atoms. The van der Waals surface area contributed by atoms with Crippen molar-refractivity contribution in [2.24, 2.45) is 13.0 Å². The third kappa shape index (κ3) is 9.23. The predicted molar refractivity (Wildman–Crippen MR) is 201 cm³/mol. The maximum atomic E-state index is 14.2. The van der Waals surface area contributed by atoms with Crippen LogP contribution in [0.2, 0.25) is 0 Å². The average molecular weight is 732 g/mol. The van der Waals surface area contributed by atoms with Crippen LogP contribution in [0, 0.1) is 5.92 Å². The first-order valence-corrected chi connectivity index (χ1v) is 19.3. The number of anilines is 1. The summed E-state index contributed by atoms with van der Waals surface area (Å²) in [6.07, 6.45) is 6.51. The minimum Gasteiger partial charge on any atom is -0.444 e. The van der Waals surface area contributed by atoms with Crippen LogP contribution in [0.5, 0.6) is 0 Å². The summed E-state index contributed by atoms with van der Waals surface area (Å²) >= 11 is 0. The number of benzene rings is 1. The Kier molecular flexibility index (Phi) is 11.8. The number of hydrogen-bond donors (Lipinski definition) is 1. The second-order valence-corrected chi connectivity index (χ2v) is 16.2. The molecule has 3 aliphatic rings. The number of amides is 3. The van der Waals surface area contributed by atoms with Gasteiger partial charge in [-0.3, -0.25) is 14.3 Å². The third-order valence-corrected chi connectivity index (χ3v) is 10.7. The topological polar surface area (TPSA) is 135 Å². The van der Waals surface area contributed by atoms with Gasteiger partial charge < -0.3 is 34.0 Å². The summed E-state index contributed by atoms with van der Waals surface area (Å²) in [5.41, 5.74) is 2.57. The van der Waals surface area contributed by atoms with E-state index < -0.39 is 17.6 Å². The van der Waals surface area contributed by atoms with Crippen molar-refractivity contribution in [3.63, 3.8) is 0 Å². The van der Waals surface area contributed by atoms with Crippen LogP contribution in [0.1, 0.15) is 103 Å². The highest BCUT2D eigenvalue weighted by molar-refractivity contribution is 5.91. The number of ether oxygens (including phenoxy) is 2. The Labute approximate surface area is 313 Å². The van der Waals surface area contributed by atoms with Crippen molar-refractivity contribution in [2.75, 3.05) is 37.6 Å². The van der Waals surface area contributed by atoms with Crippen LogP contribution >= 0.6 is 0 Å². The van der Waals surface area contributed by atoms with Crippen LogP contribution in [-0.2, 0) is 26.1 Å². The fraction of sp³-hybridized carbons (Fsp3) is 0.625. The maximum Gasteiger partial charge on any atom is 0.410 e. The first-order chi connectivity index (χ1) is 25.3. The van der Waals surface area contributed by atoms with Crippen molar-refractivity contribution in [2.45, 2.75) is 116 Å². The molecule has 0 spiro atoms. The lowest BCUT2D eigenvalue weighted by atomic mass is 9.91. The number of piperidine rings is 2. The summed E-state index contributed by atoms with van der Waals surface area (Å²) in [5.74, 6) is 0.417. The molecule has 3 aromatic rings. The van der Waals surface area contributed by atoms with Crippen molar-refractivity contribution in [3.8, 4) is 11.3 Å². The number of aryl methyl sites for hydroxylation is 1. The summed E-state index contributed by atoms with van der Waals surface area (Å²) in [5, 5.41) is 11.8. The van der Waals surface area contributed by atoms with Crippen molar-refractivity contribution in [1.82, 2.24) is 30.1 Å². The van der Waals surface area contributed by atoms with Crippen LogP contribution in [0.15, 0.2) is 47.1 Å². The molecule has 0 aliphatic carbocycles. The van der Waals surface area contributed by atoms with Gasteiger partial charge in [0.2, 0.25) is 11.8 Å². The van der Waals surface area contributed by atoms with Gasteiger partial charge in [0.05, 0.1) is 23.9 Å². The quantitative estimate of drug-likeness (QED) is 0.264. The van der Waals surface area contributed by atoms with E-state index in [1.54, 1.807) is 16.0 Å². The van der Waals surface area contributed by atoms with Crippen LogP contribution in [-0.4, -0.2) is 99.2 Å². The van der Waals surface area contributed by atoms with Crippen LogP contribution in [0.3, 0.4) is 0 Å². The number of carbonyl (C=O) groups is 3. The Morgan fingerprint density at radius 3 is 2.17 bits per heavy atom. The molecule has 3 atom stereocenters. The van der Waals surface area contributed by atoms with Gasteiger partial charge in [-0.25, -0.2) is 4.79 Å². The lowest BCUT2D eigenvalue weighted by molar-refractivity contribution is -0.141. The summed E-state index contributed by atoms with van der Waals surface area (Å²) in [7, 11) is 1.91. The molecule has 3 amide bonds. The SMILES string of the molecule is CC(NC(=O)[C@@H]1CCCN1C(=O)C(c1cc(N2CCC(OC3CCN(C(=O)OC(C)(C)C)CC3)CC2)no1)C(C)C)c1ccc(-c2ccnn2C)cc1. The molecule has 6 rings (SSSR count). The van der Waals surface area contributed by atoms with Gasteiger partial charge in [-0.1, -0.05) is 43.3 Å². The summed E-state index contributed by atoms with van der Waals surface area (Å²) < 4.78 is 19.7. The first-order valence-electron chi connectivity index (χ1n) is 19.3. The largest absolute Gasteiger partial charge is 0.444 e. The van der Waals surface area contributed by atoms with Crippen molar-refractivity contribution >= 4 is 23.7 Å². The highest BCUT2D eigenvalue weighted by Gasteiger charge is 2.41. The van der Waals surface area contributed by atoms with Crippen LogP contribution < -0.4 is 10.2 Å². The normalized spacial score (nSPS) is 20.2. The highest BCUT2D eigenvalue weighted by atomic mass is 16.6. The number of carbonyl (C=O) groups excluding carboxylic acids is 3. The molecule has 13 nitrogen and oxygen atoms in total. The number of nitrogens with zero attached hydrogens (tertiary/aromatic N) is 6. The zero-order valence-corrected chi connectivity index (χ0v) is 32.4. The first kappa shape index (κ1) is 38.3. The van der Waals surface area contributed by atoms with Crippen molar-refractivity contribution in [1.29, 1.82) is 0 Å². The van der Waals surface area contributed by atoms with Crippen molar-refractivity contribution in [3.05, 3.63) is 53.9 Å². The van der Waals surface area contributed by atoms with Crippen LogP contribution in [0.4, 0.5) is 10.6 Å². The predicted octanol–water partition coefficient (Wildman–Crippen LogP) is 6.07. The molecule has 3 aliphatic heterocycles. The Morgan fingerprint density at radius 1 is 0.906 bits per heavy atom. The van der Waals surface area contributed by atoms with Gasteiger partial charge in [0.15, 0.2) is 11.6 Å². The molecule has 53 heavy (non-hydrogen) atoms. The van der Waals surface area contributed by atoms with Crippen molar-refractivity contribution < 1.29 is 28.4 Å². The van der Waals surface area contributed by atoms with E-state index in [0.29, 0.717) is 31.8 Å². The van der Waals surface area contributed by atoms with E-state index in [9.17, 15) is 14.4 Å². The Morgan fingerprint density at radius 2 is 1.57 bits per heavy atom. The van der Waals surface area contributed by atoms with E-state index in [2.05, 4.69) is 20.5 Å². The minimum absolute atomic E-state index is 0.0506. The lowest BCUT2D eigenvalue weighted by Crippen LogP contribution is -2.48. The second kappa shape index (κ2) is 16.3. The zero-order valence-electron chi connectivity index (χ0n) is 32.4. The maximum absolute atomic E-state index is 14.2. The summed E-state index contributed by atoms with van der Waals surface area (Å²) in [6.45, 7) is 15.0. The second-order valence-electron chi connectivity index (χ2n) is 16.2. The molecule has 2 unspecified atom stereocenters. The van der Waals surface area contributed by atoms with E-state index in [-0.39, 0.29) is 42.1 Å². The fourth-order valence-electron chi connectivity index (χ4n) is 7.78. The third-order valence-electron chi connectivity index (χ3n) is 10.7. The molecule has 288 valence electrons. The lowest BCUT2D eigenvalue weighted by Gasteiger charge is -2.37. The van der Waals surface area contributed by atoms with Crippen LogP contribution in [0.25, 0.3) is 11.3 Å². The molecule has 2 aromatic heterocycles. The van der Waals surface area contributed by atoms with E-state index >= 15 is 0 Å². The molecule has 0 radical (unpaired) electrons. The van der Waals surface area contributed by atoms with Gasteiger partial charge in [0.1, 0.15) is 17.6 Å². The number of rotatable bonds is 10. The molecule has 3 fully saturated rings. The number of likely N-dealkylation sites (tertiary alicyclic amines) is 2. The standard InChI is InChI=1S/C40H57N7O6/c1-26(2)36(38(49)47-20-8-9-33(47)37(48)42-27(3)28-10-12-29(13-11-28)32-14-19-41-44(32)7)34-25-35(43-53-34)45-21-15-30(16-22-45)51-31-17-23-46(24-18-31)39(50)52-40(4,5)6/h10-14,19,25-27,30-31,33,36H,8-9,15-18,20-24H2,1-7H3,(H,42,48)/t27?,33-,36?/m0/s1. The van der Waals surface area contributed by atoms with Gasteiger partial charge in [0, 0.05) is 52.0 Å². The highest BCUT2D eigenvalue weighted by Crippen LogP contribution is 2.34. The molecule has 0 saturated carbocycles. The zero-order chi connectivity index (χ0) is 37.9. The molecule has 13 heteroatoms. The van der Waals surface area contributed by atoms with E-state index in [0.717, 1.165) is 67.8 Å². The van der Waals surface area contributed by atoms with E-state index in [1.807, 2.05) is 89.7 Å². The average Bonchev–Trinajstić information content (AvgIpc) is 3.90. The molecular weight excluding hydrogens is 674 g/mol. The Balaban J connectivity index is 1.00. The summed E-state index contributed by atoms with van der Waals surface area (Å²) in [4.78, 5) is 45.9. The summed E-state index contributed by atoms with van der Waals surface area (Å²) in [6, 6.07) is 11.2. The Bertz CT molecular complexity index is 1700. The van der Waals surface area contributed by atoms with Gasteiger partial charge in [-0.2, -0.15) is 5.10 Å². The van der Waals surface area contributed by atoms with E-state index in [1.165, 1.54) is 0 Å². The van der Waals surface area contributed by atoms with Gasteiger partial charge in [-0.05, 0) is 89.3 Å². The number of nitrogens with one attached hydrogen (secondary N) is 1. The number of aromatic nitrogens is 3. The molecule has 3 saturated heterocycles. The fourth-order valence-corrected chi connectivity index (χ4v) is 7.78. The number of hydrogen-bond acceptors (Lipinski definition) is 9. The van der Waals surface area contributed by atoms with Gasteiger partial charge in [-0.15, -0.1) is 0 Å². The minimum atomic E-state index is -0.547. The smallest absolute Gasteiger partial charge is 0.410 e. The molecule has 1 aromatic carbocycles. The van der Waals surface area contributed by atoms with Gasteiger partial charge >= 0.3 is 6.09 Å². The monoisotopic (exact) mass is 731 g/mol. The molecule has 1 N–H and O–H groups in total. The van der Waals surface area contributed by atoms with Gasteiger partial charge in [0.25, 0.3) is 0 Å². The molecule has 5 heterocycles. The Hall–Kier alpha value is -4.39. The molecular formula is C40H57N7O6.